The molecular formula is C15H19NO3. The number of fused-ring (bicyclic) bond motifs is 1. The van der Waals surface area contributed by atoms with Crippen molar-refractivity contribution in [3.63, 3.8) is 0 Å². The highest BCUT2D eigenvalue weighted by molar-refractivity contribution is 5.96. The van der Waals surface area contributed by atoms with Crippen LogP contribution in [0.3, 0.4) is 0 Å². The lowest BCUT2D eigenvalue weighted by atomic mass is 9.93. The lowest BCUT2D eigenvalue weighted by molar-refractivity contribution is 0.0691. The Kier molecular flexibility index (Phi) is 3.51. The van der Waals surface area contributed by atoms with Gasteiger partial charge in [-0.1, -0.05) is 26.8 Å². The number of nitrogens with one attached hydrogen (secondary N) is 1. The van der Waals surface area contributed by atoms with Crippen LogP contribution in [0.2, 0.25) is 0 Å². The van der Waals surface area contributed by atoms with Gasteiger partial charge in [-0.25, -0.2) is 4.79 Å². The van der Waals surface area contributed by atoms with Crippen molar-refractivity contribution in [2.24, 2.45) is 5.41 Å². The largest absolute Gasteiger partial charge is 0.493 e. The minimum absolute atomic E-state index is 0.182. The summed E-state index contributed by atoms with van der Waals surface area (Å²) >= 11 is 0. The maximum atomic E-state index is 11.0. The van der Waals surface area contributed by atoms with Crippen LogP contribution in [0.5, 0.6) is 5.75 Å². The lowest BCUT2D eigenvalue weighted by Gasteiger charge is -2.18. The van der Waals surface area contributed by atoms with Gasteiger partial charge in [-0.2, -0.15) is 0 Å². The smallest absolute Gasteiger partial charge is 0.352 e. The van der Waals surface area contributed by atoms with Gasteiger partial charge in [0, 0.05) is 10.9 Å². The molecule has 0 aliphatic carbocycles. The van der Waals surface area contributed by atoms with E-state index in [9.17, 15) is 4.79 Å². The van der Waals surface area contributed by atoms with E-state index in [4.69, 9.17) is 9.84 Å². The van der Waals surface area contributed by atoms with Gasteiger partial charge in [0.15, 0.2) is 0 Å². The number of aromatic amines is 1. The fourth-order valence-corrected chi connectivity index (χ4v) is 1.84. The minimum atomic E-state index is -0.961. The van der Waals surface area contributed by atoms with E-state index in [1.165, 1.54) is 0 Å². The number of benzene rings is 1. The normalized spacial score (nSPS) is 11.7. The maximum Gasteiger partial charge on any atom is 0.352 e. The summed E-state index contributed by atoms with van der Waals surface area (Å²) in [6.45, 7) is 7.11. The number of H-pyrrole nitrogens is 1. The van der Waals surface area contributed by atoms with Crippen molar-refractivity contribution in [2.75, 3.05) is 6.61 Å². The summed E-state index contributed by atoms with van der Waals surface area (Å²) in [6.07, 6.45) is 0.944. The molecular weight excluding hydrogens is 242 g/mol. The standard InChI is InChI=1S/C15H19NO3/c1-15(2,3)7-8-19-13-6-4-5-11-10(13)9-12(16-11)14(17)18/h4-6,9,16H,7-8H2,1-3H3,(H,17,18). The monoisotopic (exact) mass is 261 g/mol. The molecule has 1 aromatic heterocycles. The van der Waals surface area contributed by atoms with Crippen LogP contribution in [-0.2, 0) is 0 Å². The van der Waals surface area contributed by atoms with Crippen LogP contribution in [0.1, 0.15) is 37.7 Å². The molecule has 2 aromatic rings. The van der Waals surface area contributed by atoms with Crippen LogP contribution >= 0.6 is 0 Å². The second kappa shape index (κ2) is 4.96. The molecule has 0 aliphatic rings. The molecule has 1 heterocycles. The zero-order valence-electron chi connectivity index (χ0n) is 11.5. The summed E-state index contributed by atoms with van der Waals surface area (Å²) < 4.78 is 5.78. The third-order valence-electron chi connectivity index (χ3n) is 2.96. The van der Waals surface area contributed by atoms with E-state index in [1.807, 2.05) is 18.2 Å². The van der Waals surface area contributed by atoms with E-state index >= 15 is 0 Å². The molecule has 0 spiro atoms. The topological polar surface area (TPSA) is 62.3 Å². The molecule has 0 bridgehead atoms. The van der Waals surface area contributed by atoms with E-state index in [2.05, 4.69) is 25.8 Å². The van der Waals surface area contributed by atoms with E-state index in [-0.39, 0.29) is 11.1 Å². The fourth-order valence-electron chi connectivity index (χ4n) is 1.84. The van der Waals surface area contributed by atoms with E-state index in [0.717, 1.165) is 23.1 Å². The van der Waals surface area contributed by atoms with Crippen LogP contribution in [0.25, 0.3) is 10.9 Å². The van der Waals surface area contributed by atoms with E-state index < -0.39 is 5.97 Å². The molecule has 0 saturated carbocycles. The summed E-state index contributed by atoms with van der Waals surface area (Å²) in [5, 5.41) is 9.80. The van der Waals surface area contributed by atoms with Crippen molar-refractivity contribution in [1.29, 1.82) is 0 Å². The van der Waals surface area contributed by atoms with Crippen LogP contribution in [-0.4, -0.2) is 22.7 Å². The molecule has 0 radical (unpaired) electrons. The molecule has 19 heavy (non-hydrogen) atoms. The van der Waals surface area contributed by atoms with Crippen molar-refractivity contribution in [3.05, 3.63) is 30.0 Å². The van der Waals surface area contributed by atoms with Gasteiger partial charge < -0.3 is 14.8 Å². The summed E-state index contributed by atoms with van der Waals surface area (Å²) in [5.41, 5.74) is 1.19. The molecule has 0 aliphatic heterocycles. The molecule has 0 saturated heterocycles. The third-order valence-corrected chi connectivity index (χ3v) is 2.96. The van der Waals surface area contributed by atoms with Gasteiger partial charge in [0.1, 0.15) is 11.4 Å². The molecule has 4 heteroatoms. The van der Waals surface area contributed by atoms with Gasteiger partial charge in [-0.05, 0) is 30.0 Å². The lowest BCUT2D eigenvalue weighted by Crippen LogP contribution is -2.11. The maximum absolute atomic E-state index is 11.0. The van der Waals surface area contributed by atoms with Gasteiger partial charge in [0.25, 0.3) is 0 Å². The zero-order valence-corrected chi connectivity index (χ0v) is 11.5. The number of hydrogen-bond donors (Lipinski definition) is 2. The fraction of sp³-hybridized carbons (Fsp3) is 0.400. The Morgan fingerprint density at radius 2 is 2.11 bits per heavy atom. The summed E-state index contributed by atoms with van der Waals surface area (Å²) in [7, 11) is 0. The summed E-state index contributed by atoms with van der Waals surface area (Å²) in [5.74, 6) is -0.234. The van der Waals surface area contributed by atoms with Gasteiger partial charge >= 0.3 is 5.97 Å². The molecule has 0 atom stereocenters. The number of carboxylic acids is 1. The van der Waals surface area contributed by atoms with Crippen molar-refractivity contribution < 1.29 is 14.6 Å². The number of rotatable bonds is 4. The first-order valence-corrected chi connectivity index (χ1v) is 6.35. The zero-order chi connectivity index (χ0) is 14.0. The number of aromatic carboxylic acids is 1. The molecule has 0 unspecified atom stereocenters. The molecule has 4 nitrogen and oxygen atoms in total. The highest BCUT2D eigenvalue weighted by atomic mass is 16.5. The molecule has 2 rings (SSSR count). The van der Waals surface area contributed by atoms with Gasteiger partial charge in [0.05, 0.1) is 6.61 Å². The van der Waals surface area contributed by atoms with E-state index in [1.54, 1.807) is 6.07 Å². The van der Waals surface area contributed by atoms with Gasteiger partial charge in [0.2, 0.25) is 0 Å². The average molecular weight is 261 g/mol. The van der Waals surface area contributed by atoms with Crippen LogP contribution in [0.4, 0.5) is 0 Å². The summed E-state index contributed by atoms with van der Waals surface area (Å²) in [4.78, 5) is 13.8. The Labute approximate surface area is 112 Å². The Bertz CT molecular complexity index is 593. The van der Waals surface area contributed by atoms with E-state index in [0.29, 0.717) is 6.61 Å². The third kappa shape index (κ3) is 3.28. The predicted octanol–water partition coefficient (Wildman–Crippen LogP) is 3.68. The Morgan fingerprint density at radius 1 is 1.37 bits per heavy atom. The number of carboxylic acid groups (broad SMARTS) is 1. The van der Waals surface area contributed by atoms with Crippen molar-refractivity contribution in [2.45, 2.75) is 27.2 Å². The highest BCUT2D eigenvalue weighted by Gasteiger charge is 2.13. The van der Waals surface area contributed by atoms with Crippen LogP contribution in [0, 0.1) is 5.41 Å². The molecule has 0 fully saturated rings. The molecule has 1 aromatic carbocycles. The summed E-state index contributed by atoms with van der Waals surface area (Å²) in [6, 6.07) is 7.18. The number of hydrogen-bond acceptors (Lipinski definition) is 2. The van der Waals surface area contributed by atoms with Gasteiger partial charge in [-0.3, -0.25) is 0 Å². The first kappa shape index (κ1) is 13.5. The molecule has 0 amide bonds. The van der Waals surface area contributed by atoms with Gasteiger partial charge in [-0.15, -0.1) is 0 Å². The van der Waals surface area contributed by atoms with Crippen LogP contribution < -0.4 is 4.74 Å². The molecule has 2 N–H and O–H groups in total. The minimum Gasteiger partial charge on any atom is -0.493 e. The number of carbonyl (C=O) groups is 1. The van der Waals surface area contributed by atoms with Crippen molar-refractivity contribution in [3.8, 4) is 5.75 Å². The van der Waals surface area contributed by atoms with Crippen molar-refractivity contribution >= 4 is 16.9 Å². The quantitative estimate of drug-likeness (QED) is 0.882. The number of ether oxygens (including phenoxy) is 1. The predicted molar refractivity (Wildman–Crippen MR) is 74.8 cm³/mol. The second-order valence-electron chi connectivity index (χ2n) is 5.86. The Hall–Kier alpha value is -1.97. The van der Waals surface area contributed by atoms with Crippen LogP contribution in [0.15, 0.2) is 24.3 Å². The molecule has 102 valence electrons. The van der Waals surface area contributed by atoms with Crippen molar-refractivity contribution in [1.82, 2.24) is 4.98 Å². The second-order valence-corrected chi connectivity index (χ2v) is 5.86. The Balaban J connectivity index is 2.21. The number of aromatic nitrogens is 1. The SMILES string of the molecule is CC(C)(C)CCOc1cccc2[nH]c(C(=O)O)cc12. The Morgan fingerprint density at radius 3 is 2.74 bits per heavy atom. The average Bonchev–Trinajstić information content (AvgIpc) is 2.72. The first-order valence-electron chi connectivity index (χ1n) is 6.35. The highest BCUT2D eigenvalue weighted by Crippen LogP contribution is 2.27. The first-order chi connectivity index (χ1) is 8.87.